The molecule has 0 atom stereocenters. The standard InChI is InChI=1S/C20H29N5O3/c1-11(2)10-24-17-13(8-9-20(3,4)5)15(21)23-25(17)19(28)14(18(24)27)16(26)22-12-6-7-12/h8-9,11-12,28H,6-7,10H2,1-5H3,(H2,21,23)(H,22,26)/b9-8+. The number of nitrogen functional groups attached to an aromatic ring is 1. The van der Waals surface area contributed by atoms with Crippen molar-refractivity contribution in [2.75, 3.05) is 5.73 Å². The first-order valence-corrected chi connectivity index (χ1v) is 9.63. The van der Waals surface area contributed by atoms with Gasteiger partial charge in [-0.25, -0.2) is 0 Å². The molecule has 28 heavy (non-hydrogen) atoms. The number of amides is 1. The van der Waals surface area contributed by atoms with Crippen molar-refractivity contribution in [2.24, 2.45) is 11.3 Å². The quantitative estimate of drug-likeness (QED) is 0.729. The van der Waals surface area contributed by atoms with Crippen LogP contribution in [0.25, 0.3) is 11.7 Å². The molecule has 152 valence electrons. The Morgan fingerprint density at radius 3 is 2.57 bits per heavy atom. The number of hydrogen-bond donors (Lipinski definition) is 3. The van der Waals surface area contributed by atoms with Gasteiger partial charge in [-0.1, -0.05) is 46.8 Å². The van der Waals surface area contributed by atoms with E-state index in [1.54, 1.807) is 0 Å². The zero-order valence-corrected chi connectivity index (χ0v) is 17.1. The van der Waals surface area contributed by atoms with Crippen molar-refractivity contribution in [1.82, 2.24) is 19.5 Å². The second kappa shape index (κ2) is 7.00. The smallest absolute Gasteiger partial charge is 0.270 e. The van der Waals surface area contributed by atoms with E-state index in [9.17, 15) is 14.7 Å². The van der Waals surface area contributed by atoms with Gasteiger partial charge in [0.05, 0.1) is 5.56 Å². The number of anilines is 1. The van der Waals surface area contributed by atoms with Crippen molar-refractivity contribution in [2.45, 2.75) is 60.0 Å². The van der Waals surface area contributed by atoms with Gasteiger partial charge >= 0.3 is 0 Å². The average Bonchev–Trinajstić information content (AvgIpc) is 3.30. The Morgan fingerprint density at radius 1 is 1.39 bits per heavy atom. The number of carbonyl (C=O) groups is 1. The van der Waals surface area contributed by atoms with E-state index in [0.717, 1.165) is 12.8 Å². The highest BCUT2D eigenvalue weighted by Crippen LogP contribution is 2.28. The van der Waals surface area contributed by atoms with Gasteiger partial charge in [0.15, 0.2) is 17.0 Å². The minimum Gasteiger partial charge on any atom is -0.492 e. The molecule has 1 fully saturated rings. The monoisotopic (exact) mass is 387 g/mol. The summed E-state index contributed by atoms with van der Waals surface area (Å²) in [6.07, 6.45) is 5.55. The van der Waals surface area contributed by atoms with Crippen LogP contribution in [0.2, 0.25) is 0 Å². The molecule has 0 bridgehead atoms. The zero-order chi connectivity index (χ0) is 20.8. The fourth-order valence-electron chi connectivity index (χ4n) is 2.99. The van der Waals surface area contributed by atoms with Crippen LogP contribution in [-0.4, -0.2) is 31.2 Å². The molecule has 0 spiro atoms. The molecule has 1 aliphatic rings. The molecular formula is C20H29N5O3. The van der Waals surface area contributed by atoms with Crippen molar-refractivity contribution < 1.29 is 9.90 Å². The Morgan fingerprint density at radius 2 is 2.04 bits per heavy atom. The molecule has 0 aliphatic heterocycles. The van der Waals surface area contributed by atoms with E-state index in [-0.39, 0.29) is 28.8 Å². The third kappa shape index (κ3) is 3.90. The summed E-state index contributed by atoms with van der Waals surface area (Å²) < 4.78 is 2.68. The second-order valence-electron chi connectivity index (χ2n) is 8.99. The van der Waals surface area contributed by atoms with E-state index in [4.69, 9.17) is 5.73 Å². The highest BCUT2D eigenvalue weighted by atomic mass is 16.3. The Bertz CT molecular complexity index is 1000. The van der Waals surface area contributed by atoms with Crippen LogP contribution in [0.15, 0.2) is 10.9 Å². The first-order chi connectivity index (χ1) is 13.0. The lowest BCUT2D eigenvalue weighted by atomic mass is 9.95. The number of fused-ring (bicyclic) bond motifs is 1. The number of nitrogens with one attached hydrogen (secondary N) is 1. The van der Waals surface area contributed by atoms with Crippen molar-refractivity contribution >= 4 is 23.4 Å². The molecule has 8 heteroatoms. The van der Waals surface area contributed by atoms with Crippen LogP contribution < -0.4 is 16.6 Å². The number of nitrogens with zero attached hydrogens (tertiary/aromatic N) is 3. The van der Waals surface area contributed by atoms with Crippen LogP contribution in [0.1, 0.15) is 63.4 Å². The van der Waals surface area contributed by atoms with Gasteiger partial charge in [-0.05, 0) is 24.2 Å². The van der Waals surface area contributed by atoms with Gasteiger partial charge in [-0.2, -0.15) is 4.52 Å². The SMILES string of the molecule is CC(C)Cn1c(=O)c(C(=O)NC2CC2)c(O)n2nc(N)c(/C=C/C(C)(C)C)c12. The van der Waals surface area contributed by atoms with Gasteiger partial charge in [-0.15, -0.1) is 5.10 Å². The van der Waals surface area contributed by atoms with Crippen molar-refractivity contribution in [3.63, 3.8) is 0 Å². The predicted molar refractivity (Wildman–Crippen MR) is 109 cm³/mol. The molecule has 1 saturated carbocycles. The molecular weight excluding hydrogens is 358 g/mol. The Hall–Kier alpha value is -2.77. The van der Waals surface area contributed by atoms with E-state index >= 15 is 0 Å². The summed E-state index contributed by atoms with van der Waals surface area (Å²) in [6, 6.07) is 0.0634. The van der Waals surface area contributed by atoms with Crippen molar-refractivity contribution in [3.05, 3.63) is 27.6 Å². The maximum atomic E-state index is 13.2. The fraction of sp³-hybridized carbons (Fsp3) is 0.550. The molecule has 4 N–H and O–H groups in total. The maximum Gasteiger partial charge on any atom is 0.270 e. The summed E-state index contributed by atoms with van der Waals surface area (Å²) in [6.45, 7) is 10.5. The average molecular weight is 387 g/mol. The minimum atomic E-state index is -0.578. The molecule has 8 nitrogen and oxygen atoms in total. The minimum absolute atomic E-state index is 0.0634. The molecule has 1 aliphatic carbocycles. The lowest BCUT2D eigenvalue weighted by Gasteiger charge is -2.15. The number of allylic oxidation sites excluding steroid dienone is 1. The summed E-state index contributed by atoms with van der Waals surface area (Å²) in [5.41, 5.74) is 6.11. The third-order valence-corrected chi connectivity index (χ3v) is 4.50. The number of nitrogens with two attached hydrogens (primary N) is 1. The van der Waals surface area contributed by atoms with Crippen LogP contribution in [-0.2, 0) is 6.54 Å². The summed E-state index contributed by atoms with van der Waals surface area (Å²) >= 11 is 0. The normalized spacial score (nSPS) is 15.1. The number of hydrogen-bond acceptors (Lipinski definition) is 5. The third-order valence-electron chi connectivity index (χ3n) is 4.50. The lowest BCUT2D eigenvalue weighted by molar-refractivity contribution is 0.0944. The van der Waals surface area contributed by atoms with Gasteiger partial charge in [0.25, 0.3) is 11.5 Å². The van der Waals surface area contributed by atoms with Crippen LogP contribution >= 0.6 is 0 Å². The van der Waals surface area contributed by atoms with Crippen LogP contribution in [0.3, 0.4) is 0 Å². The summed E-state index contributed by atoms with van der Waals surface area (Å²) in [5, 5.41) is 17.7. The van der Waals surface area contributed by atoms with Crippen LogP contribution in [0, 0.1) is 11.3 Å². The second-order valence-corrected chi connectivity index (χ2v) is 8.99. The first kappa shape index (κ1) is 20.0. The largest absolute Gasteiger partial charge is 0.492 e. The molecule has 2 heterocycles. The van der Waals surface area contributed by atoms with Gasteiger partial charge < -0.3 is 16.2 Å². The molecule has 0 unspecified atom stereocenters. The highest BCUT2D eigenvalue weighted by Gasteiger charge is 2.30. The predicted octanol–water partition coefficient (Wildman–Crippen LogP) is 2.39. The number of aromatic nitrogens is 3. The van der Waals surface area contributed by atoms with Gasteiger partial charge in [-0.3, -0.25) is 14.2 Å². The molecule has 0 radical (unpaired) electrons. The van der Waals surface area contributed by atoms with Crippen LogP contribution in [0.4, 0.5) is 5.82 Å². The lowest BCUT2D eigenvalue weighted by Crippen LogP contribution is -2.36. The Labute approximate surface area is 164 Å². The van der Waals surface area contributed by atoms with E-state index in [0.29, 0.717) is 17.8 Å². The van der Waals surface area contributed by atoms with Crippen molar-refractivity contribution in [3.8, 4) is 5.88 Å². The molecule has 2 aromatic rings. The van der Waals surface area contributed by atoms with E-state index < -0.39 is 17.3 Å². The molecule has 2 aromatic heterocycles. The van der Waals surface area contributed by atoms with Crippen LogP contribution in [0.5, 0.6) is 5.88 Å². The van der Waals surface area contributed by atoms with Gasteiger partial charge in [0, 0.05) is 12.6 Å². The fourth-order valence-corrected chi connectivity index (χ4v) is 2.99. The van der Waals surface area contributed by atoms with E-state index in [2.05, 4.69) is 10.4 Å². The van der Waals surface area contributed by atoms with E-state index in [1.807, 2.05) is 46.8 Å². The summed E-state index contributed by atoms with van der Waals surface area (Å²) in [4.78, 5) is 25.8. The molecule has 0 aromatic carbocycles. The zero-order valence-electron chi connectivity index (χ0n) is 17.1. The number of aromatic hydroxyl groups is 1. The Kier molecular flexibility index (Phi) is 4.99. The Balaban J connectivity index is 2.28. The first-order valence-electron chi connectivity index (χ1n) is 9.63. The van der Waals surface area contributed by atoms with Gasteiger partial charge in [0.1, 0.15) is 0 Å². The topological polar surface area (TPSA) is 115 Å². The number of carbonyl (C=O) groups excluding carboxylic acids is 1. The maximum absolute atomic E-state index is 13.2. The summed E-state index contributed by atoms with van der Waals surface area (Å²) in [5.74, 6) is -0.737. The van der Waals surface area contributed by atoms with Crippen molar-refractivity contribution in [1.29, 1.82) is 0 Å². The highest BCUT2D eigenvalue weighted by molar-refractivity contribution is 5.97. The molecule has 3 rings (SSSR count). The van der Waals surface area contributed by atoms with E-state index in [1.165, 1.54) is 9.08 Å². The van der Waals surface area contributed by atoms with Gasteiger partial charge in [0.2, 0.25) is 5.88 Å². The number of rotatable bonds is 5. The molecule has 1 amide bonds. The summed E-state index contributed by atoms with van der Waals surface area (Å²) in [7, 11) is 0. The molecule has 0 saturated heterocycles.